The maximum atomic E-state index is 11.9. The third-order valence-electron chi connectivity index (χ3n) is 4.04. The van der Waals surface area contributed by atoms with Crippen molar-refractivity contribution in [2.24, 2.45) is 11.1 Å². The van der Waals surface area contributed by atoms with Crippen molar-refractivity contribution in [1.82, 2.24) is 4.98 Å². The van der Waals surface area contributed by atoms with Crippen LogP contribution in [-0.4, -0.2) is 33.3 Å². The number of aliphatic hydroxyl groups excluding tert-OH is 2. The number of nitrogens with two attached hydrogens (primary N) is 1. The van der Waals surface area contributed by atoms with Crippen molar-refractivity contribution < 1.29 is 15.0 Å². The number of allylic oxidation sites excluding steroid dienone is 1. The van der Waals surface area contributed by atoms with Crippen LogP contribution in [0.15, 0.2) is 37.2 Å². The molecule has 0 bridgehead atoms. The van der Waals surface area contributed by atoms with Crippen LogP contribution in [0.25, 0.3) is 0 Å². The van der Waals surface area contributed by atoms with Crippen molar-refractivity contribution >= 4 is 5.91 Å². The number of nitrogens with zero attached hydrogens (tertiary/aromatic N) is 1. The molecular formula is C14H18N2O3. The van der Waals surface area contributed by atoms with Crippen LogP contribution in [-0.2, 0) is 4.79 Å². The van der Waals surface area contributed by atoms with Crippen LogP contribution < -0.4 is 5.73 Å². The van der Waals surface area contributed by atoms with E-state index in [1.54, 1.807) is 24.5 Å². The van der Waals surface area contributed by atoms with E-state index in [0.717, 1.165) is 5.56 Å². The number of aliphatic hydroxyl groups is 2. The highest BCUT2D eigenvalue weighted by atomic mass is 16.3. The molecule has 4 unspecified atom stereocenters. The number of carbonyl (C=O) groups excluding carboxylic acids is 1. The fourth-order valence-corrected chi connectivity index (χ4v) is 3.00. The van der Waals surface area contributed by atoms with Crippen LogP contribution >= 0.6 is 0 Å². The van der Waals surface area contributed by atoms with E-state index >= 15 is 0 Å². The lowest BCUT2D eigenvalue weighted by atomic mass is 9.69. The van der Waals surface area contributed by atoms with Gasteiger partial charge in [-0.2, -0.15) is 0 Å². The minimum Gasteiger partial charge on any atom is -0.390 e. The van der Waals surface area contributed by atoms with E-state index < -0.39 is 29.4 Å². The molecule has 102 valence electrons. The summed E-state index contributed by atoms with van der Waals surface area (Å²) in [7, 11) is 0. The molecule has 5 nitrogen and oxygen atoms in total. The van der Waals surface area contributed by atoms with Crippen molar-refractivity contribution in [3.8, 4) is 0 Å². The SMILES string of the molecule is C=CC(c1cccnc1)C1(C(N)=O)CCC(O)C1O. The highest BCUT2D eigenvalue weighted by Crippen LogP contribution is 2.49. The first-order valence-electron chi connectivity index (χ1n) is 6.22. The molecule has 0 aliphatic heterocycles. The summed E-state index contributed by atoms with van der Waals surface area (Å²) in [5, 5.41) is 20.0. The summed E-state index contributed by atoms with van der Waals surface area (Å²) in [6.45, 7) is 3.74. The van der Waals surface area contributed by atoms with Gasteiger partial charge in [-0.25, -0.2) is 0 Å². The van der Waals surface area contributed by atoms with E-state index in [0.29, 0.717) is 12.8 Å². The van der Waals surface area contributed by atoms with Gasteiger partial charge in [-0.15, -0.1) is 6.58 Å². The van der Waals surface area contributed by atoms with Crippen molar-refractivity contribution in [2.45, 2.75) is 31.0 Å². The second-order valence-electron chi connectivity index (χ2n) is 4.96. The second kappa shape index (κ2) is 5.11. The normalized spacial score (nSPS) is 31.9. The molecule has 0 radical (unpaired) electrons. The van der Waals surface area contributed by atoms with Crippen LogP contribution in [0.5, 0.6) is 0 Å². The maximum absolute atomic E-state index is 11.9. The summed E-state index contributed by atoms with van der Waals surface area (Å²) >= 11 is 0. The Morgan fingerprint density at radius 3 is 2.79 bits per heavy atom. The fraction of sp³-hybridized carbons (Fsp3) is 0.429. The minimum atomic E-state index is -1.22. The molecule has 1 amide bonds. The Kier molecular flexibility index (Phi) is 3.68. The third kappa shape index (κ3) is 2.05. The molecular weight excluding hydrogens is 244 g/mol. The van der Waals surface area contributed by atoms with Gasteiger partial charge in [-0.05, 0) is 24.5 Å². The number of pyridine rings is 1. The van der Waals surface area contributed by atoms with E-state index in [1.165, 1.54) is 0 Å². The Labute approximate surface area is 111 Å². The van der Waals surface area contributed by atoms with Crippen LogP contribution in [0.2, 0.25) is 0 Å². The molecule has 0 spiro atoms. The topological polar surface area (TPSA) is 96.4 Å². The van der Waals surface area contributed by atoms with E-state index in [1.807, 2.05) is 6.07 Å². The molecule has 1 aliphatic rings. The van der Waals surface area contributed by atoms with Crippen molar-refractivity contribution in [3.63, 3.8) is 0 Å². The first kappa shape index (κ1) is 13.7. The highest BCUT2D eigenvalue weighted by Gasteiger charge is 2.56. The molecule has 1 aromatic rings. The van der Waals surface area contributed by atoms with E-state index in [-0.39, 0.29) is 0 Å². The molecule has 4 N–H and O–H groups in total. The average molecular weight is 262 g/mol. The van der Waals surface area contributed by atoms with Gasteiger partial charge >= 0.3 is 0 Å². The van der Waals surface area contributed by atoms with Gasteiger partial charge in [-0.1, -0.05) is 12.1 Å². The molecule has 0 saturated heterocycles. The largest absolute Gasteiger partial charge is 0.390 e. The Morgan fingerprint density at radius 2 is 2.37 bits per heavy atom. The van der Waals surface area contributed by atoms with Crippen LogP contribution in [0.1, 0.15) is 24.3 Å². The Bertz CT molecular complexity index is 477. The number of rotatable bonds is 4. The Hall–Kier alpha value is -1.72. The lowest BCUT2D eigenvalue weighted by Gasteiger charge is -2.36. The molecule has 1 aliphatic carbocycles. The van der Waals surface area contributed by atoms with E-state index in [4.69, 9.17) is 5.73 Å². The zero-order valence-electron chi connectivity index (χ0n) is 10.6. The smallest absolute Gasteiger partial charge is 0.227 e. The Morgan fingerprint density at radius 1 is 1.63 bits per heavy atom. The summed E-state index contributed by atoms with van der Waals surface area (Å²) in [5.41, 5.74) is 5.06. The summed E-state index contributed by atoms with van der Waals surface area (Å²) in [5.74, 6) is -1.09. The number of primary amides is 1. The van der Waals surface area contributed by atoms with Gasteiger partial charge in [0.05, 0.1) is 17.6 Å². The lowest BCUT2D eigenvalue weighted by molar-refractivity contribution is -0.136. The van der Waals surface area contributed by atoms with Crippen molar-refractivity contribution in [2.75, 3.05) is 0 Å². The summed E-state index contributed by atoms with van der Waals surface area (Å²) in [6, 6.07) is 3.56. The molecule has 2 rings (SSSR count). The minimum absolute atomic E-state index is 0.330. The average Bonchev–Trinajstić information content (AvgIpc) is 2.71. The monoisotopic (exact) mass is 262 g/mol. The quantitative estimate of drug-likeness (QED) is 0.682. The number of hydrogen-bond donors (Lipinski definition) is 3. The van der Waals surface area contributed by atoms with Crippen LogP contribution in [0.3, 0.4) is 0 Å². The molecule has 1 fully saturated rings. The molecule has 1 heterocycles. The molecule has 1 saturated carbocycles. The summed E-state index contributed by atoms with van der Waals surface area (Å²) in [6.07, 6.45) is 3.38. The van der Waals surface area contributed by atoms with Gasteiger partial charge in [0.15, 0.2) is 0 Å². The molecule has 0 aromatic carbocycles. The fourth-order valence-electron chi connectivity index (χ4n) is 3.00. The third-order valence-corrected chi connectivity index (χ3v) is 4.04. The first-order chi connectivity index (χ1) is 9.04. The molecule has 19 heavy (non-hydrogen) atoms. The van der Waals surface area contributed by atoms with Gasteiger partial charge in [0.1, 0.15) is 0 Å². The molecule has 1 aromatic heterocycles. The Balaban J connectivity index is 2.49. The predicted molar refractivity (Wildman–Crippen MR) is 70.1 cm³/mol. The van der Waals surface area contributed by atoms with Gasteiger partial charge in [0.25, 0.3) is 0 Å². The first-order valence-corrected chi connectivity index (χ1v) is 6.22. The number of amides is 1. The van der Waals surface area contributed by atoms with Gasteiger partial charge in [0, 0.05) is 18.3 Å². The summed E-state index contributed by atoms with van der Waals surface area (Å²) < 4.78 is 0. The second-order valence-corrected chi connectivity index (χ2v) is 4.96. The predicted octanol–water partition coefficient (Wildman–Crippen LogP) is 0.339. The number of carbonyl (C=O) groups is 1. The number of aromatic nitrogens is 1. The van der Waals surface area contributed by atoms with Gasteiger partial charge in [-0.3, -0.25) is 9.78 Å². The molecule has 5 heteroatoms. The standard InChI is InChI=1S/C14H18N2O3/c1-2-10(9-4-3-7-16-8-9)14(13(15)19)6-5-11(17)12(14)18/h2-4,7-8,10-12,17-18H,1,5-6H2,(H2,15,19). The zero-order valence-corrected chi connectivity index (χ0v) is 10.6. The number of hydrogen-bond acceptors (Lipinski definition) is 4. The summed E-state index contributed by atoms with van der Waals surface area (Å²) in [4.78, 5) is 16.0. The maximum Gasteiger partial charge on any atom is 0.227 e. The van der Waals surface area contributed by atoms with Crippen LogP contribution in [0.4, 0.5) is 0 Å². The van der Waals surface area contributed by atoms with Gasteiger partial charge < -0.3 is 15.9 Å². The van der Waals surface area contributed by atoms with Crippen molar-refractivity contribution in [1.29, 1.82) is 0 Å². The molecule has 4 atom stereocenters. The van der Waals surface area contributed by atoms with Crippen molar-refractivity contribution in [3.05, 3.63) is 42.7 Å². The van der Waals surface area contributed by atoms with Gasteiger partial charge in [0.2, 0.25) is 5.91 Å². The van der Waals surface area contributed by atoms with E-state index in [2.05, 4.69) is 11.6 Å². The van der Waals surface area contributed by atoms with E-state index in [9.17, 15) is 15.0 Å². The zero-order chi connectivity index (χ0) is 14.0. The highest BCUT2D eigenvalue weighted by molar-refractivity contribution is 5.84. The lowest BCUT2D eigenvalue weighted by Crippen LogP contribution is -2.49. The van der Waals surface area contributed by atoms with Crippen LogP contribution in [0, 0.1) is 5.41 Å².